The molecule has 1 N–H and O–H groups in total. The first-order chi connectivity index (χ1) is 7.96. The van der Waals surface area contributed by atoms with E-state index in [9.17, 15) is 13.6 Å². The van der Waals surface area contributed by atoms with Crippen molar-refractivity contribution < 1.29 is 18.7 Å². The summed E-state index contributed by atoms with van der Waals surface area (Å²) in [6, 6.07) is 2.59. The number of aryl methyl sites for hydroxylation is 1. The molecule has 0 radical (unpaired) electrons. The molecular formula is C13H14F2O2. The van der Waals surface area contributed by atoms with Gasteiger partial charge in [-0.2, -0.15) is 0 Å². The van der Waals surface area contributed by atoms with Crippen molar-refractivity contribution in [3.05, 3.63) is 34.9 Å². The first-order valence-electron chi connectivity index (χ1n) is 5.63. The number of aliphatic carboxylic acids is 1. The highest BCUT2D eigenvalue weighted by Crippen LogP contribution is 2.48. The van der Waals surface area contributed by atoms with Crippen LogP contribution in [-0.2, 0) is 10.2 Å². The summed E-state index contributed by atoms with van der Waals surface area (Å²) in [4.78, 5) is 10.8. The molecule has 0 atom stereocenters. The minimum atomic E-state index is -1.01. The highest BCUT2D eigenvalue weighted by Gasteiger charge is 2.44. The van der Waals surface area contributed by atoms with Gasteiger partial charge in [-0.3, -0.25) is 4.79 Å². The summed E-state index contributed by atoms with van der Waals surface area (Å²) in [7, 11) is 0. The van der Waals surface area contributed by atoms with Crippen LogP contribution in [-0.4, -0.2) is 11.1 Å². The molecule has 0 saturated heterocycles. The second-order valence-electron chi connectivity index (χ2n) is 4.76. The summed E-state index contributed by atoms with van der Waals surface area (Å²) >= 11 is 0. The molecule has 1 aromatic carbocycles. The fraction of sp³-hybridized carbons (Fsp3) is 0.462. The SMILES string of the molecule is Cc1ccc(F)c(C2(CC(=O)O)CCC2)c1F. The van der Waals surface area contributed by atoms with Crippen molar-refractivity contribution in [2.45, 2.75) is 38.0 Å². The Morgan fingerprint density at radius 3 is 2.53 bits per heavy atom. The van der Waals surface area contributed by atoms with Crippen LogP contribution >= 0.6 is 0 Å². The van der Waals surface area contributed by atoms with Crippen molar-refractivity contribution in [1.82, 2.24) is 0 Å². The van der Waals surface area contributed by atoms with E-state index in [1.807, 2.05) is 0 Å². The molecule has 0 heterocycles. The molecule has 0 amide bonds. The van der Waals surface area contributed by atoms with Gasteiger partial charge in [0.1, 0.15) is 11.6 Å². The van der Waals surface area contributed by atoms with Crippen LogP contribution in [0.3, 0.4) is 0 Å². The number of carbonyl (C=O) groups is 1. The Kier molecular flexibility index (Phi) is 2.89. The van der Waals surface area contributed by atoms with Gasteiger partial charge in [-0.1, -0.05) is 12.5 Å². The lowest BCUT2D eigenvalue weighted by Gasteiger charge is -2.41. The van der Waals surface area contributed by atoms with E-state index in [-0.39, 0.29) is 12.0 Å². The zero-order valence-electron chi connectivity index (χ0n) is 9.59. The van der Waals surface area contributed by atoms with Gasteiger partial charge in [-0.15, -0.1) is 0 Å². The Hall–Kier alpha value is -1.45. The summed E-state index contributed by atoms with van der Waals surface area (Å²) in [6.07, 6.45) is 1.69. The van der Waals surface area contributed by atoms with Crippen molar-refractivity contribution in [3.8, 4) is 0 Å². The third-order valence-corrected chi connectivity index (χ3v) is 3.61. The Balaban J connectivity index is 2.51. The minimum Gasteiger partial charge on any atom is -0.481 e. The average molecular weight is 240 g/mol. The second kappa shape index (κ2) is 4.09. The van der Waals surface area contributed by atoms with Crippen molar-refractivity contribution >= 4 is 5.97 Å². The maximum absolute atomic E-state index is 14.0. The topological polar surface area (TPSA) is 37.3 Å². The van der Waals surface area contributed by atoms with Gasteiger partial charge >= 0.3 is 5.97 Å². The quantitative estimate of drug-likeness (QED) is 0.881. The Labute approximate surface area is 98.3 Å². The molecule has 0 spiro atoms. The van der Waals surface area contributed by atoms with Crippen molar-refractivity contribution in [2.75, 3.05) is 0 Å². The van der Waals surface area contributed by atoms with Crippen molar-refractivity contribution in [1.29, 1.82) is 0 Å². The van der Waals surface area contributed by atoms with Crippen LogP contribution in [0.1, 0.15) is 36.8 Å². The molecule has 0 aromatic heterocycles. The number of hydrogen-bond donors (Lipinski definition) is 1. The molecule has 1 aromatic rings. The third kappa shape index (κ3) is 1.92. The lowest BCUT2D eigenvalue weighted by molar-refractivity contribution is -0.139. The summed E-state index contributed by atoms with van der Waals surface area (Å²) in [5, 5.41) is 8.88. The maximum atomic E-state index is 14.0. The second-order valence-corrected chi connectivity index (χ2v) is 4.76. The van der Waals surface area contributed by atoms with Crippen LogP contribution in [0.5, 0.6) is 0 Å². The molecular weight excluding hydrogens is 226 g/mol. The van der Waals surface area contributed by atoms with E-state index in [2.05, 4.69) is 0 Å². The number of hydrogen-bond acceptors (Lipinski definition) is 1. The highest BCUT2D eigenvalue weighted by atomic mass is 19.1. The van der Waals surface area contributed by atoms with E-state index in [1.54, 1.807) is 6.92 Å². The monoisotopic (exact) mass is 240 g/mol. The van der Waals surface area contributed by atoms with Crippen LogP contribution in [0.25, 0.3) is 0 Å². The first-order valence-corrected chi connectivity index (χ1v) is 5.63. The minimum absolute atomic E-state index is 0.0360. The number of benzene rings is 1. The van der Waals surface area contributed by atoms with E-state index < -0.39 is 23.0 Å². The predicted octanol–water partition coefficient (Wildman–Crippen LogP) is 3.17. The first kappa shape index (κ1) is 12.0. The van der Waals surface area contributed by atoms with Gasteiger partial charge < -0.3 is 5.11 Å². The van der Waals surface area contributed by atoms with Gasteiger partial charge in [-0.25, -0.2) is 8.78 Å². The zero-order chi connectivity index (χ0) is 12.6. The third-order valence-electron chi connectivity index (χ3n) is 3.61. The Morgan fingerprint density at radius 2 is 2.06 bits per heavy atom. The molecule has 1 aliphatic carbocycles. The molecule has 1 fully saturated rings. The number of rotatable bonds is 3. The van der Waals surface area contributed by atoms with Crippen LogP contribution < -0.4 is 0 Å². The number of carboxylic acid groups (broad SMARTS) is 1. The molecule has 0 aliphatic heterocycles. The smallest absolute Gasteiger partial charge is 0.304 e. The molecule has 17 heavy (non-hydrogen) atoms. The number of halogens is 2. The summed E-state index contributed by atoms with van der Waals surface area (Å²) < 4.78 is 27.8. The van der Waals surface area contributed by atoms with Gasteiger partial charge in [0.25, 0.3) is 0 Å². The summed E-state index contributed by atoms with van der Waals surface area (Å²) in [5.41, 5.74) is -0.518. The summed E-state index contributed by atoms with van der Waals surface area (Å²) in [6.45, 7) is 1.56. The molecule has 92 valence electrons. The van der Waals surface area contributed by atoms with E-state index in [4.69, 9.17) is 5.11 Å². The van der Waals surface area contributed by atoms with E-state index in [0.717, 1.165) is 6.42 Å². The van der Waals surface area contributed by atoms with Gasteiger partial charge in [0.2, 0.25) is 0 Å². The fourth-order valence-electron chi connectivity index (χ4n) is 2.55. The largest absolute Gasteiger partial charge is 0.481 e. The van der Waals surface area contributed by atoms with Gasteiger partial charge in [-0.05, 0) is 31.4 Å². The van der Waals surface area contributed by atoms with Gasteiger partial charge in [0, 0.05) is 11.0 Å². The van der Waals surface area contributed by atoms with Crippen molar-refractivity contribution in [3.63, 3.8) is 0 Å². The standard InChI is InChI=1S/C13H14F2O2/c1-8-3-4-9(14)11(12(8)15)13(5-2-6-13)7-10(16)17/h3-4H,2,5-7H2,1H3,(H,16,17). The fourth-order valence-corrected chi connectivity index (χ4v) is 2.55. The summed E-state index contributed by atoms with van der Waals surface area (Å²) in [5.74, 6) is -2.23. The predicted molar refractivity (Wildman–Crippen MR) is 58.9 cm³/mol. The lowest BCUT2D eigenvalue weighted by atomic mass is 9.62. The molecule has 2 rings (SSSR count). The Bertz CT molecular complexity index is 465. The molecule has 1 saturated carbocycles. The normalized spacial score (nSPS) is 17.6. The molecule has 0 bridgehead atoms. The van der Waals surface area contributed by atoms with Gasteiger partial charge in [0.05, 0.1) is 6.42 Å². The number of carboxylic acids is 1. The maximum Gasteiger partial charge on any atom is 0.304 e. The molecule has 0 unspecified atom stereocenters. The molecule has 4 heteroatoms. The Morgan fingerprint density at radius 1 is 1.41 bits per heavy atom. The van der Waals surface area contributed by atoms with E-state index >= 15 is 0 Å². The average Bonchev–Trinajstić information content (AvgIpc) is 2.19. The molecule has 2 nitrogen and oxygen atoms in total. The molecule has 1 aliphatic rings. The van der Waals surface area contributed by atoms with Crippen molar-refractivity contribution in [2.24, 2.45) is 0 Å². The zero-order valence-corrected chi connectivity index (χ0v) is 9.59. The highest BCUT2D eigenvalue weighted by molar-refractivity contribution is 5.69. The van der Waals surface area contributed by atoms with E-state index in [1.165, 1.54) is 12.1 Å². The van der Waals surface area contributed by atoms with Crippen LogP contribution in [0.4, 0.5) is 8.78 Å². The van der Waals surface area contributed by atoms with Gasteiger partial charge in [0.15, 0.2) is 0 Å². The van der Waals surface area contributed by atoms with Crippen LogP contribution in [0, 0.1) is 18.6 Å². The van der Waals surface area contributed by atoms with Crippen LogP contribution in [0.2, 0.25) is 0 Å². The lowest BCUT2D eigenvalue weighted by Crippen LogP contribution is -2.38. The van der Waals surface area contributed by atoms with Crippen LogP contribution in [0.15, 0.2) is 12.1 Å². The van der Waals surface area contributed by atoms with E-state index in [0.29, 0.717) is 18.4 Å².